The van der Waals surface area contributed by atoms with Crippen LogP contribution in [-0.4, -0.2) is 20.6 Å². The number of halogens is 1. The van der Waals surface area contributed by atoms with E-state index in [2.05, 4.69) is 21.2 Å². The highest BCUT2D eigenvalue weighted by atomic mass is 79.9. The van der Waals surface area contributed by atoms with Gasteiger partial charge in [0.25, 0.3) is 5.91 Å². The van der Waals surface area contributed by atoms with Gasteiger partial charge in [0, 0.05) is 16.3 Å². The van der Waals surface area contributed by atoms with Crippen molar-refractivity contribution in [3.8, 4) is 0 Å². The van der Waals surface area contributed by atoms with E-state index in [0.29, 0.717) is 16.8 Å². The number of aryl methyl sites for hydroxylation is 2. The molecule has 116 valence electrons. The number of sulfone groups is 1. The highest BCUT2D eigenvalue weighted by Gasteiger charge is 2.15. The Kier molecular flexibility index (Phi) is 4.72. The van der Waals surface area contributed by atoms with Crippen molar-refractivity contribution < 1.29 is 13.2 Å². The van der Waals surface area contributed by atoms with Crippen LogP contribution in [0.1, 0.15) is 21.5 Å². The standard InChI is InChI=1S/C16H16BrNO3S/c1-10-4-7-15(14(17)8-10)18-16(19)13-9-12(22(3,20)21)6-5-11(13)2/h4-9H,1-3H3,(H,18,19). The van der Waals surface area contributed by atoms with E-state index in [1.807, 2.05) is 19.1 Å². The van der Waals surface area contributed by atoms with Gasteiger partial charge >= 0.3 is 0 Å². The molecule has 0 aromatic heterocycles. The zero-order chi connectivity index (χ0) is 16.5. The van der Waals surface area contributed by atoms with Gasteiger partial charge in [0.05, 0.1) is 10.6 Å². The fraction of sp³-hybridized carbons (Fsp3) is 0.188. The van der Waals surface area contributed by atoms with Crippen LogP contribution in [0.5, 0.6) is 0 Å². The number of anilines is 1. The van der Waals surface area contributed by atoms with E-state index in [1.165, 1.54) is 12.1 Å². The van der Waals surface area contributed by atoms with Crippen LogP contribution in [0.2, 0.25) is 0 Å². The third kappa shape index (κ3) is 3.75. The molecule has 0 aliphatic carbocycles. The quantitative estimate of drug-likeness (QED) is 0.880. The summed E-state index contributed by atoms with van der Waals surface area (Å²) in [5.41, 5.74) is 2.77. The van der Waals surface area contributed by atoms with E-state index >= 15 is 0 Å². The van der Waals surface area contributed by atoms with Crippen molar-refractivity contribution in [2.24, 2.45) is 0 Å². The van der Waals surface area contributed by atoms with Crippen molar-refractivity contribution in [1.29, 1.82) is 0 Å². The summed E-state index contributed by atoms with van der Waals surface area (Å²) in [7, 11) is -3.35. The van der Waals surface area contributed by atoms with E-state index in [0.717, 1.165) is 16.3 Å². The molecule has 0 aliphatic rings. The minimum Gasteiger partial charge on any atom is -0.321 e. The van der Waals surface area contributed by atoms with Gasteiger partial charge in [0.2, 0.25) is 0 Å². The van der Waals surface area contributed by atoms with E-state index in [9.17, 15) is 13.2 Å². The van der Waals surface area contributed by atoms with E-state index in [1.54, 1.807) is 19.1 Å². The summed E-state index contributed by atoms with van der Waals surface area (Å²) in [4.78, 5) is 12.6. The number of hydrogen-bond acceptors (Lipinski definition) is 3. The van der Waals surface area contributed by atoms with Gasteiger partial charge < -0.3 is 5.32 Å². The molecular weight excluding hydrogens is 366 g/mol. The van der Waals surface area contributed by atoms with Crippen LogP contribution in [0, 0.1) is 13.8 Å². The highest BCUT2D eigenvalue weighted by molar-refractivity contribution is 9.10. The Morgan fingerprint density at radius 2 is 1.77 bits per heavy atom. The van der Waals surface area contributed by atoms with Crippen LogP contribution in [0.4, 0.5) is 5.69 Å². The maximum absolute atomic E-state index is 12.4. The second-order valence-electron chi connectivity index (χ2n) is 5.19. The third-order valence-electron chi connectivity index (χ3n) is 3.25. The van der Waals surface area contributed by atoms with Crippen molar-refractivity contribution in [2.75, 3.05) is 11.6 Å². The summed E-state index contributed by atoms with van der Waals surface area (Å²) >= 11 is 3.40. The maximum atomic E-state index is 12.4. The SMILES string of the molecule is Cc1ccc(NC(=O)c2cc(S(C)(=O)=O)ccc2C)c(Br)c1. The molecule has 22 heavy (non-hydrogen) atoms. The van der Waals surface area contributed by atoms with E-state index in [-0.39, 0.29) is 10.8 Å². The first-order chi connectivity index (χ1) is 10.2. The molecule has 0 spiro atoms. The second kappa shape index (κ2) is 6.22. The minimum atomic E-state index is -3.35. The molecule has 2 aromatic rings. The van der Waals surface area contributed by atoms with Gasteiger partial charge in [-0.2, -0.15) is 0 Å². The fourth-order valence-corrected chi connectivity index (χ4v) is 3.23. The van der Waals surface area contributed by atoms with Gasteiger partial charge in [-0.3, -0.25) is 4.79 Å². The zero-order valence-electron chi connectivity index (χ0n) is 12.5. The monoisotopic (exact) mass is 381 g/mol. The van der Waals surface area contributed by atoms with Crippen molar-refractivity contribution in [1.82, 2.24) is 0 Å². The lowest BCUT2D eigenvalue weighted by Crippen LogP contribution is -2.14. The Labute approximate surface area is 138 Å². The molecule has 0 atom stereocenters. The average Bonchev–Trinajstić information content (AvgIpc) is 2.41. The summed E-state index contributed by atoms with van der Waals surface area (Å²) < 4.78 is 24.0. The summed E-state index contributed by atoms with van der Waals surface area (Å²) in [5.74, 6) is -0.340. The Bertz CT molecular complexity index is 844. The van der Waals surface area contributed by atoms with Crippen molar-refractivity contribution in [3.63, 3.8) is 0 Å². The maximum Gasteiger partial charge on any atom is 0.256 e. The molecule has 0 saturated heterocycles. The molecule has 1 amide bonds. The second-order valence-corrected chi connectivity index (χ2v) is 8.06. The van der Waals surface area contributed by atoms with Crippen molar-refractivity contribution in [2.45, 2.75) is 18.7 Å². The summed E-state index contributed by atoms with van der Waals surface area (Å²) in [6, 6.07) is 10.1. The normalized spacial score (nSPS) is 11.3. The van der Waals surface area contributed by atoms with Crippen LogP contribution in [-0.2, 0) is 9.84 Å². The number of hydrogen-bond donors (Lipinski definition) is 1. The van der Waals surface area contributed by atoms with Crippen LogP contribution in [0.25, 0.3) is 0 Å². The fourth-order valence-electron chi connectivity index (χ4n) is 1.99. The lowest BCUT2D eigenvalue weighted by Gasteiger charge is -2.11. The molecule has 1 N–H and O–H groups in total. The lowest BCUT2D eigenvalue weighted by molar-refractivity contribution is 0.102. The summed E-state index contributed by atoms with van der Waals surface area (Å²) in [6.45, 7) is 3.72. The van der Waals surface area contributed by atoms with Gasteiger partial charge in [-0.1, -0.05) is 12.1 Å². The average molecular weight is 382 g/mol. The first kappa shape index (κ1) is 16.7. The molecule has 6 heteroatoms. The van der Waals surface area contributed by atoms with Gasteiger partial charge in [0.15, 0.2) is 9.84 Å². The molecule has 0 bridgehead atoms. The predicted molar refractivity (Wildman–Crippen MR) is 91.1 cm³/mol. The Morgan fingerprint density at radius 3 is 2.36 bits per heavy atom. The number of rotatable bonds is 3. The molecule has 2 rings (SSSR count). The van der Waals surface area contributed by atoms with E-state index < -0.39 is 9.84 Å². The molecule has 0 unspecified atom stereocenters. The number of carbonyl (C=O) groups excluding carboxylic acids is 1. The summed E-state index contributed by atoms with van der Waals surface area (Å²) in [5, 5.41) is 2.79. The molecule has 0 fully saturated rings. The van der Waals surface area contributed by atoms with Gasteiger partial charge in [0.1, 0.15) is 0 Å². The van der Waals surface area contributed by atoms with Gasteiger partial charge in [-0.05, 0) is 65.2 Å². The first-order valence-corrected chi connectivity index (χ1v) is 9.25. The molecule has 0 aliphatic heterocycles. The molecular formula is C16H16BrNO3S. The zero-order valence-corrected chi connectivity index (χ0v) is 14.9. The molecule has 0 saturated carbocycles. The van der Waals surface area contributed by atoms with Crippen molar-refractivity contribution in [3.05, 3.63) is 57.6 Å². The molecule has 0 radical (unpaired) electrons. The molecule has 2 aromatic carbocycles. The summed E-state index contributed by atoms with van der Waals surface area (Å²) in [6.07, 6.45) is 1.12. The lowest BCUT2D eigenvalue weighted by atomic mass is 10.1. The Morgan fingerprint density at radius 1 is 1.09 bits per heavy atom. The largest absolute Gasteiger partial charge is 0.321 e. The smallest absolute Gasteiger partial charge is 0.256 e. The Hall–Kier alpha value is -1.66. The van der Waals surface area contributed by atoms with Gasteiger partial charge in [-0.25, -0.2) is 8.42 Å². The van der Waals surface area contributed by atoms with Crippen LogP contribution in [0.15, 0.2) is 45.8 Å². The highest BCUT2D eigenvalue weighted by Crippen LogP contribution is 2.25. The van der Waals surface area contributed by atoms with Crippen LogP contribution in [0.3, 0.4) is 0 Å². The predicted octanol–water partition coefficient (Wildman–Crippen LogP) is 3.72. The molecule has 4 nitrogen and oxygen atoms in total. The molecule has 0 heterocycles. The number of benzene rings is 2. The number of amides is 1. The first-order valence-electron chi connectivity index (χ1n) is 6.56. The topological polar surface area (TPSA) is 63.2 Å². The Balaban J connectivity index is 2.37. The van der Waals surface area contributed by atoms with E-state index in [4.69, 9.17) is 0 Å². The minimum absolute atomic E-state index is 0.131. The number of nitrogens with one attached hydrogen (secondary N) is 1. The van der Waals surface area contributed by atoms with Crippen molar-refractivity contribution >= 4 is 37.4 Å². The van der Waals surface area contributed by atoms with Crippen LogP contribution >= 0.6 is 15.9 Å². The van der Waals surface area contributed by atoms with Crippen LogP contribution < -0.4 is 5.32 Å². The number of carbonyl (C=O) groups is 1. The van der Waals surface area contributed by atoms with Gasteiger partial charge in [-0.15, -0.1) is 0 Å². The third-order valence-corrected chi connectivity index (χ3v) is 5.02.